The second-order valence-electron chi connectivity index (χ2n) is 5.72. The van der Waals surface area contributed by atoms with Crippen LogP contribution in [0.25, 0.3) is 0 Å². The van der Waals surface area contributed by atoms with Crippen molar-refractivity contribution in [3.05, 3.63) is 57.0 Å². The Balaban J connectivity index is 1.61. The Kier molecular flexibility index (Phi) is 6.47. The average molecular weight is 488 g/mol. The van der Waals surface area contributed by atoms with Crippen LogP contribution in [0.4, 0.5) is 11.4 Å². The van der Waals surface area contributed by atoms with Gasteiger partial charge in [-0.05, 0) is 42.5 Å². The molecule has 0 unspecified atom stereocenters. The zero-order chi connectivity index (χ0) is 19.6. The summed E-state index contributed by atoms with van der Waals surface area (Å²) in [4.78, 5) is 38.1. The van der Waals surface area contributed by atoms with Gasteiger partial charge in [-0.25, -0.2) is 4.90 Å². The highest BCUT2D eigenvalue weighted by molar-refractivity contribution is 9.10. The van der Waals surface area contributed by atoms with Crippen molar-refractivity contribution in [1.82, 2.24) is 0 Å². The molecule has 1 saturated heterocycles. The predicted molar refractivity (Wildman–Crippen MR) is 113 cm³/mol. The van der Waals surface area contributed by atoms with Crippen LogP contribution in [0.15, 0.2) is 46.9 Å². The molecule has 27 heavy (non-hydrogen) atoms. The highest BCUT2D eigenvalue weighted by Crippen LogP contribution is 2.35. The van der Waals surface area contributed by atoms with Crippen LogP contribution in [0.2, 0.25) is 10.0 Å². The Hall–Kier alpha value is -1.54. The number of carbonyl (C=O) groups excluding carboxylic acids is 3. The molecule has 0 bridgehead atoms. The molecule has 3 amide bonds. The largest absolute Gasteiger partial charge is 0.325 e. The van der Waals surface area contributed by atoms with Crippen molar-refractivity contribution in [3.63, 3.8) is 0 Å². The molecule has 1 fully saturated rings. The number of nitrogens with one attached hydrogen (secondary N) is 1. The van der Waals surface area contributed by atoms with Crippen LogP contribution in [0.5, 0.6) is 0 Å². The summed E-state index contributed by atoms with van der Waals surface area (Å²) in [5.74, 6) is -0.923. The fraction of sp³-hybridized carbons (Fsp3) is 0.167. The molecule has 9 heteroatoms. The van der Waals surface area contributed by atoms with Gasteiger partial charge in [0.25, 0.3) is 0 Å². The summed E-state index contributed by atoms with van der Waals surface area (Å²) >= 11 is 16.4. The van der Waals surface area contributed by atoms with Gasteiger partial charge in [0.1, 0.15) is 0 Å². The minimum atomic E-state index is -0.625. The minimum Gasteiger partial charge on any atom is -0.325 e. The van der Waals surface area contributed by atoms with Crippen molar-refractivity contribution in [2.24, 2.45) is 0 Å². The first-order valence-corrected chi connectivity index (χ1v) is 10.4. The zero-order valence-electron chi connectivity index (χ0n) is 13.7. The number of thioether (sulfide) groups is 1. The zero-order valence-corrected chi connectivity index (χ0v) is 17.7. The molecule has 1 heterocycles. The van der Waals surface area contributed by atoms with Gasteiger partial charge in [0.05, 0.1) is 21.7 Å². The molecular formula is C18H13BrCl2N2O3S. The number of rotatable bonds is 5. The lowest BCUT2D eigenvalue weighted by molar-refractivity contribution is -0.121. The van der Waals surface area contributed by atoms with Gasteiger partial charge in [0.15, 0.2) is 0 Å². The van der Waals surface area contributed by atoms with Crippen molar-refractivity contribution < 1.29 is 14.4 Å². The molecule has 1 N–H and O–H groups in total. The number of hydrogen-bond acceptors (Lipinski definition) is 4. The number of imide groups is 1. The standard InChI is InChI=1S/C18H13BrCl2N2O3S/c19-10-1-4-12(5-2-10)22-16(24)9-27-15-8-17(25)23(18(15)26)14-6-3-11(20)7-13(14)21/h1-7,15H,8-9H2,(H,22,24)/t15-/m0/s1. The Labute approximate surface area is 178 Å². The molecule has 1 aliphatic rings. The molecule has 1 atom stereocenters. The van der Waals surface area contributed by atoms with Crippen molar-refractivity contribution in [2.45, 2.75) is 11.7 Å². The first kappa shape index (κ1) is 20.2. The van der Waals surface area contributed by atoms with E-state index >= 15 is 0 Å². The fourth-order valence-electron chi connectivity index (χ4n) is 2.56. The van der Waals surface area contributed by atoms with E-state index in [1.807, 2.05) is 12.1 Å². The molecule has 0 aromatic heterocycles. The van der Waals surface area contributed by atoms with Crippen molar-refractivity contribution >= 4 is 80.0 Å². The van der Waals surface area contributed by atoms with Crippen molar-refractivity contribution in [2.75, 3.05) is 16.0 Å². The van der Waals surface area contributed by atoms with Crippen LogP contribution in [0.3, 0.4) is 0 Å². The highest BCUT2D eigenvalue weighted by Gasteiger charge is 2.40. The van der Waals surface area contributed by atoms with E-state index in [0.29, 0.717) is 16.4 Å². The van der Waals surface area contributed by atoms with Gasteiger partial charge in [-0.15, -0.1) is 11.8 Å². The van der Waals surface area contributed by atoms with Crippen LogP contribution in [-0.2, 0) is 14.4 Å². The van der Waals surface area contributed by atoms with Gasteiger partial charge in [-0.2, -0.15) is 0 Å². The van der Waals surface area contributed by atoms with Gasteiger partial charge in [0.2, 0.25) is 17.7 Å². The molecule has 1 aliphatic heterocycles. The quantitative estimate of drug-likeness (QED) is 0.617. The van der Waals surface area contributed by atoms with Crippen LogP contribution in [0, 0.1) is 0 Å². The lowest BCUT2D eigenvalue weighted by Crippen LogP contribution is -2.31. The number of benzene rings is 2. The summed E-state index contributed by atoms with van der Waals surface area (Å²) in [6, 6.07) is 11.7. The highest BCUT2D eigenvalue weighted by atomic mass is 79.9. The number of anilines is 2. The molecule has 2 aromatic carbocycles. The van der Waals surface area contributed by atoms with E-state index in [-0.39, 0.29) is 34.9 Å². The summed E-state index contributed by atoms with van der Waals surface area (Å²) in [5, 5.41) is 2.77. The van der Waals surface area contributed by atoms with E-state index in [2.05, 4.69) is 21.2 Å². The Morgan fingerprint density at radius 2 is 1.89 bits per heavy atom. The maximum absolute atomic E-state index is 12.6. The first-order valence-electron chi connectivity index (χ1n) is 7.84. The van der Waals surface area contributed by atoms with E-state index in [1.165, 1.54) is 12.1 Å². The summed E-state index contributed by atoms with van der Waals surface area (Å²) < 4.78 is 0.908. The number of nitrogens with zero attached hydrogens (tertiary/aromatic N) is 1. The maximum Gasteiger partial charge on any atom is 0.247 e. The van der Waals surface area contributed by atoms with Gasteiger partial charge < -0.3 is 5.32 Å². The number of amides is 3. The van der Waals surface area contributed by atoms with Gasteiger partial charge in [0, 0.05) is 21.6 Å². The number of hydrogen-bond donors (Lipinski definition) is 1. The molecule has 0 spiro atoms. The van der Waals surface area contributed by atoms with Crippen LogP contribution >= 0.6 is 50.9 Å². The molecular weight excluding hydrogens is 475 g/mol. The van der Waals surface area contributed by atoms with Crippen LogP contribution < -0.4 is 10.2 Å². The summed E-state index contributed by atoms with van der Waals surface area (Å²) in [6.07, 6.45) is 0.0218. The van der Waals surface area contributed by atoms with Crippen molar-refractivity contribution in [1.29, 1.82) is 0 Å². The summed E-state index contributed by atoms with van der Waals surface area (Å²) in [7, 11) is 0. The molecule has 0 radical (unpaired) electrons. The number of halogens is 3. The molecule has 0 aliphatic carbocycles. The fourth-order valence-corrected chi connectivity index (χ4v) is 4.25. The molecule has 3 rings (SSSR count). The van der Waals surface area contributed by atoms with E-state index < -0.39 is 5.25 Å². The molecule has 0 saturated carbocycles. The summed E-state index contributed by atoms with van der Waals surface area (Å²) in [5.41, 5.74) is 0.964. The maximum atomic E-state index is 12.6. The Bertz CT molecular complexity index is 908. The topological polar surface area (TPSA) is 66.5 Å². The average Bonchev–Trinajstić information content (AvgIpc) is 2.89. The predicted octanol–water partition coefficient (Wildman–Crippen LogP) is 4.76. The second-order valence-corrected chi connectivity index (χ2v) is 8.67. The first-order chi connectivity index (χ1) is 12.8. The molecule has 140 valence electrons. The Morgan fingerprint density at radius 3 is 2.56 bits per heavy atom. The van der Waals surface area contributed by atoms with Gasteiger partial charge >= 0.3 is 0 Å². The lowest BCUT2D eigenvalue weighted by atomic mass is 10.3. The summed E-state index contributed by atoms with van der Waals surface area (Å²) in [6.45, 7) is 0. The normalized spacial score (nSPS) is 16.7. The van der Waals surface area contributed by atoms with Crippen molar-refractivity contribution in [3.8, 4) is 0 Å². The second kappa shape index (κ2) is 8.65. The van der Waals surface area contributed by atoms with Gasteiger partial charge in [-0.3, -0.25) is 14.4 Å². The van der Waals surface area contributed by atoms with E-state index in [4.69, 9.17) is 23.2 Å². The smallest absolute Gasteiger partial charge is 0.247 e. The third-order valence-corrected chi connectivity index (χ3v) is 6.07. The van der Waals surface area contributed by atoms with E-state index in [1.54, 1.807) is 18.2 Å². The minimum absolute atomic E-state index is 0.0218. The molecule has 2 aromatic rings. The van der Waals surface area contributed by atoms with Gasteiger partial charge in [-0.1, -0.05) is 39.1 Å². The molecule has 5 nitrogen and oxygen atoms in total. The van der Waals surface area contributed by atoms with Crippen LogP contribution in [0.1, 0.15) is 6.42 Å². The third-order valence-electron chi connectivity index (χ3n) is 3.80. The monoisotopic (exact) mass is 486 g/mol. The SMILES string of the molecule is O=C(CS[C@H]1CC(=O)N(c2ccc(Cl)cc2Cl)C1=O)Nc1ccc(Br)cc1. The van der Waals surface area contributed by atoms with Crippen LogP contribution in [-0.4, -0.2) is 28.7 Å². The Morgan fingerprint density at radius 1 is 1.19 bits per heavy atom. The van der Waals surface area contributed by atoms with E-state index in [0.717, 1.165) is 21.1 Å². The number of carbonyl (C=O) groups is 3. The van der Waals surface area contributed by atoms with E-state index in [9.17, 15) is 14.4 Å². The third kappa shape index (κ3) is 4.85. The lowest BCUT2D eigenvalue weighted by Gasteiger charge is -2.16.